The molecule has 4 N–H and O–H groups in total. The lowest BCUT2D eigenvalue weighted by atomic mass is 10.0. The van der Waals surface area contributed by atoms with Gasteiger partial charge in [0.25, 0.3) is 11.8 Å². The minimum Gasteiger partial charge on any atom is -0.366 e. The first-order valence-corrected chi connectivity index (χ1v) is 7.79. The fourth-order valence-electron chi connectivity index (χ4n) is 2.77. The summed E-state index contributed by atoms with van der Waals surface area (Å²) in [7, 11) is 1.60. The molecule has 3 rings (SSSR count). The molecule has 3 aromatic rings. The third-order valence-electron chi connectivity index (χ3n) is 4.12. The van der Waals surface area contributed by atoms with Gasteiger partial charge in [0.05, 0.1) is 5.56 Å². The number of carbonyl (C=O) groups excluding carboxylic acids is 2. The molecule has 126 valence electrons. The Balaban J connectivity index is 2.10. The van der Waals surface area contributed by atoms with Crippen LogP contribution in [-0.4, -0.2) is 23.8 Å². The number of anilines is 2. The number of nitrogens with one attached hydrogen (secondary N) is 2. The maximum atomic E-state index is 12.0. The normalized spacial score (nSPS) is 10.5. The molecule has 1 heterocycles. The number of amides is 2. The van der Waals surface area contributed by atoms with E-state index in [1.165, 1.54) is 6.20 Å². The van der Waals surface area contributed by atoms with E-state index in [1.807, 2.05) is 37.3 Å². The van der Waals surface area contributed by atoms with E-state index >= 15 is 0 Å². The molecule has 25 heavy (non-hydrogen) atoms. The minimum absolute atomic E-state index is 0.150. The Morgan fingerprint density at radius 1 is 1.00 bits per heavy atom. The number of aromatic nitrogens is 1. The zero-order valence-electron chi connectivity index (χ0n) is 14.0. The lowest BCUT2D eigenvalue weighted by molar-refractivity contribution is 0.0961. The first-order chi connectivity index (χ1) is 12.0. The number of carbonyl (C=O) groups is 2. The lowest BCUT2D eigenvalue weighted by Gasteiger charge is -2.14. The van der Waals surface area contributed by atoms with Gasteiger partial charge in [-0.15, -0.1) is 0 Å². The molecule has 0 bridgehead atoms. The van der Waals surface area contributed by atoms with Crippen molar-refractivity contribution in [2.24, 2.45) is 5.73 Å². The first kappa shape index (κ1) is 16.4. The lowest BCUT2D eigenvalue weighted by Crippen LogP contribution is -2.19. The Labute approximate surface area is 145 Å². The van der Waals surface area contributed by atoms with Crippen LogP contribution in [0.5, 0.6) is 0 Å². The van der Waals surface area contributed by atoms with Gasteiger partial charge in [-0.05, 0) is 30.0 Å². The maximum absolute atomic E-state index is 12.0. The van der Waals surface area contributed by atoms with Gasteiger partial charge in [-0.25, -0.2) is 4.98 Å². The highest BCUT2D eigenvalue weighted by Gasteiger charge is 2.14. The van der Waals surface area contributed by atoms with Gasteiger partial charge in [-0.3, -0.25) is 9.59 Å². The second-order valence-electron chi connectivity index (χ2n) is 5.61. The monoisotopic (exact) mass is 334 g/mol. The summed E-state index contributed by atoms with van der Waals surface area (Å²) < 4.78 is 0. The van der Waals surface area contributed by atoms with Gasteiger partial charge in [-0.2, -0.15) is 0 Å². The van der Waals surface area contributed by atoms with Gasteiger partial charge >= 0.3 is 0 Å². The molecular weight excluding hydrogens is 316 g/mol. The number of hydrogen-bond acceptors (Lipinski definition) is 4. The molecule has 0 aliphatic heterocycles. The van der Waals surface area contributed by atoms with Crippen molar-refractivity contribution in [2.75, 3.05) is 12.4 Å². The van der Waals surface area contributed by atoms with Gasteiger partial charge in [0, 0.05) is 29.9 Å². The summed E-state index contributed by atoms with van der Waals surface area (Å²) in [5.74, 6) is -0.0751. The highest BCUT2D eigenvalue weighted by molar-refractivity contribution is 6.09. The molecule has 6 heteroatoms. The van der Waals surface area contributed by atoms with Crippen molar-refractivity contribution in [1.29, 1.82) is 0 Å². The molecule has 0 radical (unpaired) electrons. The third-order valence-corrected chi connectivity index (χ3v) is 4.12. The Bertz CT molecular complexity index is 982. The van der Waals surface area contributed by atoms with E-state index in [4.69, 9.17) is 5.73 Å². The molecule has 2 aromatic carbocycles. The Hall–Kier alpha value is -3.41. The smallest absolute Gasteiger partial charge is 0.251 e. The Kier molecular flexibility index (Phi) is 4.35. The zero-order chi connectivity index (χ0) is 18.0. The quantitative estimate of drug-likeness (QED) is 0.683. The fourth-order valence-corrected chi connectivity index (χ4v) is 2.77. The second-order valence-corrected chi connectivity index (χ2v) is 5.61. The van der Waals surface area contributed by atoms with E-state index in [9.17, 15) is 9.59 Å². The van der Waals surface area contributed by atoms with E-state index in [0.717, 1.165) is 22.0 Å². The fraction of sp³-hybridized carbons (Fsp3) is 0.105. The van der Waals surface area contributed by atoms with Crippen LogP contribution < -0.4 is 16.4 Å². The summed E-state index contributed by atoms with van der Waals surface area (Å²) in [5, 5.41) is 7.40. The summed E-state index contributed by atoms with van der Waals surface area (Å²) in [6.07, 6.45) is 1.46. The number of pyridine rings is 1. The van der Waals surface area contributed by atoms with Gasteiger partial charge in [0.15, 0.2) is 0 Å². The largest absolute Gasteiger partial charge is 0.366 e. The number of fused-ring (bicyclic) bond motifs is 1. The maximum Gasteiger partial charge on any atom is 0.251 e. The second kappa shape index (κ2) is 6.60. The van der Waals surface area contributed by atoms with E-state index in [-0.39, 0.29) is 5.91 Å². The number of nitrogens with zero attached hydrogens (tertiary/aromatic N) is 1. The van der Waals surface area contributed by atoms with Crippen LogP contribution in [0.3, 0.4) is 0 Å². The standard InChI is InChI=1S/C19H18N4O2/c1-11-12(19(25)21-2)8-5-9-16(11)23-18-14-7-4-3-6-13(14)15(10-22-18)17(20)24/h3-10H,1-2H3,(H2,20,24)(H,21,25)(H,22,23). The molecule has 0 atom stereocenters. The summed E-state index contributed by atoms with van der Waals surface area (Å²) in [6.45, 7) is 1.87. The number of benzene rings is 2. The number of hydrogen-bond donors (Lipinski definition) is 3. The van der Waals surface area contributed by atoms with Crippen LogP contribution in [0.2, 0.25) is 0 Å². The van der Waals surface area contributed by atoms with Crippen molar-refractivity contribution < 1.29 is 9.59 Å². The van der Waals surface area contributed by atoms with E-state index < -0.39 is 5.91 Å². The van der Waals surface area contributed by atoms with Crippen molar-refractivity contribution in [3.8, 4) is 0 Å². The van der Waals surface area contributed by atoms with Crippen molar-refractivity contribution >= 4 is 34.1 Å². The highest BCUT2D eigenvalue weighted by Crippen LogP contribution is 2.29. The van der Waals surface area contributed by atoms with Crippen LogP contribution in [0.1, 0.15) is 26.3 Å². The van der Waals surface area contributed by atoms with E-state index in [1.54, 1.807) is 19.2 Å². The van der Waals surface area contributed by atoms with Crippen LogP contribution in [0.25, 0.3) is 10.8 Å². The molecule has 6 nitrogen and oxygen atoms in total. The first-order valence-electron chi connectivity index (χ1n) is 7.79. The number of primary amides is 1. The molecule has 0 aliphatic carbocycles. The van der Waals surface area contributed by atoms with Crippen LogP contribution >= 0.6 is 0 Å². The van der Waals surface area contributed by atoms with E-state index in [2.05, 4.69) is 15.6 Å². The van der Waals surface area contributed by atoms with Crippen LogP contribution in [-0.2, 0) is 0 Å². The van der Waals surface area contributed by atoms with Gasteiger partial charge < -0.3 is 16.4 Å². The summed E-state index contributed by atoms with van der Waals surface area (Å²) >= 11 is 0. The van der Waals surface area contributed by atoms with Crippen LogP contribution in [0.4, 0.5) is 11.5 Å². The Morgan fingerprint density at radius 3 is 2.40 bits per heavy atom. The van der Waals surface area contributed by atoms with Gasteiger partial charge in [0.1, 0.15) is 5.82 Å². The molecule has 2 amide bonds. The SMILES string of the molecule is CNC(=O)c1cccc(Nc2ncc(C(N)=O)c3ccccc23)c1C. The average Bonchev–Trinajstić information content (AvgIpc) is 2.62. The highest BCUT2D eigenvalue weighted by atomic mass is 16.1. The van der Waals surface area contributed by atoms with Crippen molar-refractivity contribution in [2.45, 2.75) is 6.92 Å². The Morgan fingerprint density at radius 2 is 1.72 bits per heavy atom. The van der Waals surface area contributed by atoms with Crippen molar-refractivity contribution in [1.82, 2.24) is 10.3 Å². The summed E-state index contributed by atoms with van der Waals surface area (Å²) in [4.78, 5) is 27.9. The molecule has 0 saturated heterocycles. The van der Waals surface area contributed by atoms with Gasteiger partial charge in [-0.1, -0.05) is 30.3 Å². The zero-order valence-corrected chi connectivity index (χ0v) is 14.0. The summed E-state index contributed by atoms with van der Waals surface area (Å²) in [6, 6.07) is 12.9. The predicted molar refractivity (Wildman–Crippen MR) is 98.1 cm³/mol. The topological polar surface area (TPSA) is 97.1 Å². The molecule has 1 aromatic heterocycles. The van der Waals surface area contributed by atoms with E-state index in [0.29, 0.717) is 16.9 Å². The minimum atomic E-state index is -0.520. The van der Waals surface area contributed by atoms with Crippen LogP contribution in [0, 0.1) is 6.92 Å². The number of nitrogens with two attached hydrogens (primary N) is 1. The molecule has 0 fully saturated rings. The molecule has 0 aliphatic rings. The average molecular weight is 334 g/mol. The molecule has 0 unspecified atom stereocenters. The van der Waals surface area contributed by atoms with Crippen molar-refractivity contribution in [3.63, 3.8) is 0 Å². The van der Waals surface area contributed by atoms with Gasteiger partial charge in [0.2, 0.25) is 0 Å². The molecular formula is C19H18N4O2. The predicted octanol–water partition coefficient (Wildman–Crippen LogP) is 2.75. The summed E-state index contributed by atoms with van der Waals surface area (Å²) in [5.41, 5.74) is 7.97. The molecule has 0 saturated carbocycles. The number of rotatable bonds is 4. The van der Waals surface area contributed by atoms with Crippen LogP contribution in [0.15, 0.2) is 48.7 Å². The molecule has 0 spiro atoms. The third kappa shape index (κ3) is 3.01. The van der Waals surface area contributed by atoms with Crippen molar-refractivity contribution in [3.05, 3.63) is 65.4 Å².